The number of hydrogen-bond donors (Lipinski definition) is 1. The van der Waals surface area contributed by atoms with Crippen LogP contribution in [0, 0.1) is 0 Å². The lowest BCUT2D eigenvalue weighted by molar-refractivity contribution is -0.118. The summed E-state index contributed by atoms with van der Waals surface area (Å²) >= 11 is 0. The predicted octanol–water partition coefficient (Wildman–Crippen LogP) is 0.671. The largest absolute Gasteiger partial charge is 0.428 e. The number of halogens is 3. The molecule has 0 atom stereocenters. The van der Waals surface area contributed by atoms with E-state index in [0.717, 1.165) is 6.92 Å². The van der Waals surface area contributed by atoms with E-state index in [1.807, 2.05) is 0 Å². The maximum Gasteiger partial charge on any atom is 0.428 e. The van der Waals surface area contributed by atoms with Crippen molar-refractivity contribution in [3.05, 3.63) is 0 Å². The normalized spacial score (nSPS) is 12.0. The molecule has 0 fully saturated rings. The average molecular weight is 154 g/mol. The van der Waals surface area contributed by atoms with Gasteiger partial charge in [0.25, 0.3) is 0 Å². The molecular weight excluding hydrogens is 149 g/mol. The van der Waals surface area contributed by atoms with Gasteiger partial charge >= 0.3 is 6.18 Å². The van der Waals surface area contributed by atoms with Crippen molar-refractivity contribution in [3.8, 4) is 0 Å². The highest BCUT2D eigenvalue weighted by molar-refractivity contribution is 5.74. The summed E-state index contributed by atoms with van der Waals surface area (Å²) in [6.45, 7) is 1.06. The van der Waals surface area contributed by atoms with Gasteiger partial charge in [-0.15, -0.1) is 0 Å². The van der Waals surface area contributed by atoms with Crippen molar-refractivity contribution in [2.45, 2.75) is 13.1 Å². The Labute approximate surface area is 54.9 Å². The average Bonchev–Trinajstić information content (AvgIpc) is 1.59. The maximum absolute atomic E-state index is 11.2. The summed E-state index contributed by atoms with van der Waals surface area (Å²) in [6, 6.07) is 0. The summed E-state index contributed by atoms with van der Waals surface area (Å²) in [4.78, 5) is 9.94. The lowest BCUT2D eigenvalue weighted by Crippen LogP contribution is -2.17. The molecule has 0 aromatic heterocycles. The lowest BCUT2D eigenvalue weighted by Gasteiger charge is -1.95. The Morgan fingerprint density at radius 3 is 2.40 bits per heavy atom. The van der Waals surface area contributed by atoms with Crippen LogP contribution in [0.5, 0.6) is 0 Å². The molecule has 0 aromatic carbocycles. The summed E-state index contributed by atoms with van der Waals surface area (Å²) in [5.74, 6) is -0.638. The van der Waals surface area contributed by atoms with Crippen LogP contribution in [0.3, 0.4) is 0 Å². The van der Waals surface area contributed by atoms with Crippen molar-refractivity contribution < 1.29 is 18.0 Å². The molecule has 0 heterocycles. The number of hydrogen-bond acceptors (Lipinski definition) is 2. The van der Waals surface area contributed by atoms with Crippen LogP contribution in [0.4, 0.5) is 13.2 Å². The molecule has 0 aliphatic heterocycles. The van der Waals surface area contributed by atoms with Gasteiger partial charge in [-0.1, -0.05) is 0 Å². The first-order valence-electron chi connectivity index (χ1n) is 2.29. The zero-order chi connectivity index (χ0) is 8.20. The summed E-state index contributed by atoms with van der Waals surface area (Å²) in [5.41, 5.74) is 1.61. The molecule has 6 heteroatoms. The van der Waals surface area contributed by atoms with E-state index in [1.165, 1.54) is 0 Å². The van der Waals surface area contributed by atoms with Crippen LogP contribution in [0.1, 0.15) is 6.92 Å². The second-order valence-electron chi connectivity index (χ2n) is 1.47. The number of alkyl halides is 3. The fourth-order valence-electron chi connectivity index (χ4n) is 0.196. The van der Waals surface area contributed by atoms with Crippen LogP contribution >= 0.6 is 0 Å². The fourth-order valence-corrected chi connectivity index (χ4v) is 0.196. The third-order valence-corrected chi connectivity index (χ3v) is 0.433. The Morgan fingerprint density at radius 2 is 2.10 bits per heavy atom. The summed E-state index contributed by atoms with van der Waals surface area (Å²) in [5, 5.41) is 2.59. The van der Waals surface area contributed by atoms with Crippen LogP contribution in [0.2, 0.25) is 0 Å². The first-order valence-corrected chi connectivity index (χ1v) is 2.29. The minimum absolute atomic E-state index is 0.297. The standard InChI is InChI=1S/C4H5F3N2O/c1-3(10)9-8-2-4(5,6)7/h2H,1H3,(H,9,10)/b8-2+. The topological polar surface area (TPSA) is 41.5 Å². The van der Waals surface area contributed by atoms with Crippen molar-refractivity contribution in [2.24, 2.45) is 5.10 Å². The number of hydrazone groups is 1. The first kappa shape index (κ1) is 8.93. The number of rotatable bonds is 1. The van der Waals surface area contributed by atoms with Crippen molar-refractivity contribution in [1.82, 2.24) is 5.43 Å². The number of nitrogens with zero attached hydrogens (tertiary/aromatic N) is 1. The number of amides is 1. The molecule has 58 valence electrons. The van der Waals surface area contributed by atoms with Gasteiger partial charge in [-0.3, -0.25) is 4.79 Å². The molecule has 1 N–H and O–H groups in total. The Bertz CT molecular complexity index is 151. The Hall–Kier alpha value is -1.07. The van der Waals surface area contributed by atoms with Crippen LogP contribution in [-0.2, 0) is 4.79 Å². The van der Waals surface area contributed by atoms with Gasteiger partial charge in [-0.25, -0.2) is 5.43 Å². The Balaban J connectivity index is 3.67. The van der Waals surface area contributed by atoms with Gasteiger partial charge in [0, 0.05) is 6.92 Å². The molecule has 0 bridgehead atoms. The van der Waals surface area contributed by atoms with Crippen molar-refractivity contribution in [2.75, 3.05) is 0 Å². The van der Waals surface area contributed by atoms with E-state index in [2.05, 4.69) is 5.10 Å². The third kappa shape index (κ3) is 6.93. The van der Waals surface area contributed by atoms with Gasteiger partial charge in [0.15, 0.2) is 0 Å². The second-order valence-corrected chi connectivity index (χ2v) is 1.47. The molecule has 0 spiro atoms. The van der Waals surface area contributed by atoms with E-state index in [0.29, 0.717) is 0 Å². The zero-order valence-corrected chi connectivity index (χ0v) is 5.07. The first-order chi connectivity index (χ1) is 4.42. The van der Waals surface area contributed by atoms with Crippen molar-refractivity contribution in [1.29, 1.82) is 0 Å². The minimum atomic E-state index is -4.47. The predicted molar refractivity (Wildman–Crippen MR) is 28.4 cm³/mol. The molecular formula is C4H5F3N2O. The molecule has 0 saturated heterocycles. The van der Waals surface area contributed by atoms with E-state index in [4.69, 9.17) is 0 Å². The Kier molecular flexibility index (Phi) is 2.85. The monoisotopic (exact) mass is 154 g/mol. The van der Waals surface area contributed by atoms with Gasteiger partial charge in [-0.05, 0) is 0 Å². The highest BCUT2D eigenvalue weighted by Gasteiger charge is 2.23. The van der Waals surface area contributed by atoms with E-state index in [-0.39, 0.29) is 6.21 Å². The second kappa shape index (κ2) is 3.19. The van der Waals surface area contributed by atoms with Crippen LogP contribution in [-0.4, -0.2) is 18.3 Å². The number of nitrogens with one attached hydrogen (secondary N) is 1. The number of carbonyl (C=O) groups excluding carboxylic acids is 1. The van der Waals surface area contributed by atoms with E-state index in [9.17, 15) is 18.0 Å². The van der Waals surface area contributed by atoms with Gasteiger partial charge in [0.2, 0.25) is 5.91 Å². The summed E-state index contributed by atoms with van der Waals surface area (Å²) < 4.78 is 33.6. The van der Waals surface area contributed by atoms with Gasteiger partial charge in [0.1, 0.15) is 6.21 Å². The molecule has 0 saturated carbocycles. The van der Waals surface area contributed by atoms with E-state index < -0.39 is 12.1 Å². The molecule has 0 rings (SSSR count). The van der Waals surface area contributed by atoms with Gasteiger partial charge < -0.3 is 0 Å². The fraction of sp³-hybridized carbons (Fsp3) is 0.500. The quantitative estimate of drug-likeness (QED) is 0.437. The van der Waals surface area contributed by atoms with Crippen LogP contribution in [0.25, 0.3) is 0 Å². The van der Waals surface area contributed by atoms with Crippen LogP contribution < -0.4 is 5.43 Å². The molecule has 3 nitrogen and oxygen atoms in total. The summed E-state index contributed by atoms with van der Waals surface area (Å²) in [7, 11) is 0. The van der Waals surface area contributed by atoms with E-state index in [1.54, 1.807) is 5.43 Å². The smallest absolute Gasteiger partial charge is 0.274 e. The minimum Gasteiger partial charge on any atom is -0.274 e. The van der Waals surface area contributed by atoms with Crippen molar-refractivity contribution in [3.63, 3.8) is 0 Å². The highest BCUT2D eigenvalue weighted by atomic mass is 19.4. The molecule has 0 aliphatic rings. The molecule has 1 amide bonds. The van der Waals surface area contributed by atoms with E-state index >= 15 is 0 Å². The van der Waals surface area contributed by atoms with Gasteiger partial charge in [-0.2, -0.15) is 18.3 Å². The SMILES string of the molecule is CC(=O)N/N=C/C(F)(F)F. The molecule has 0 aliphatic carbocycles. The Morgan fingerprint density at radius 1 is 1.60 bits per heavy atom. The summed E-state index contributed by atoms with van der Waals surface area (Å²) in [6.07, 6.45) is -4.77. The number of carbonyl (C=O) groups is 1. The highest BCUT2D eigenvalue weighted by Crippen LogP contribution is 2.09. The third-order valence-electron chi connectivity index (χ3n) is 0.433. The molecule has 0 unspecified atom stereocenters. The zero-order valence-electron chi connectivity index (χ0n) is 5.07. The van der Waals surface area contributed by atoms with Gasteiger partial charge in [0.05, 0.1) is 0 Å². The van der Waals surface area contributed by atoms with Crippen LogP contribution in [0.15, 0.2) is 5.10 Å². The molecule has 10 heavy (non-hydrogen) atoms. The maximum atomic E-state index is 11.2. The van der Waals surface area contributed by atoms with Crippen molar-refractivity contribution >= 4 is 12.1 Å². The molecule has 0 aromatic rings. The molecule has 0 radical (unpaired) electrons. The lowest BCUT2D eigenvalue weighted by atomic mass is 10.7.